The van der Waals surface area contributed by atoms with Crippen LogP contribution in [0.2, 0.25) is 0 Å². The van der Waals surface area contributed by atoms with E-state index in [9.17, 15) is 9.59 Å². The van der Waals surface area contributed by atoms with E-state index in [1.165, 1.54) is 0 Å². The zero-order chi connectivity index (χ0) is 16.8. The zero-order valence-corrected chi connectivity index (χ0v) is 15.1. The minimum Gasteiger partial charge on any atom is -0.425 e. The minimum atomic E-state index is -0.670. The molecule has 2 aromatic carbocycles. The van der Waals surface area contributed by atoms with Gasteiger partial charge in [-0.1, -0.05) is 34.6 Å². The fraction of sp³-hybridized carbons (Fsp3) is 0.0588. The van der Waals surface area contributed by atoms with Crippen LogP contribution in [0.3, 0.4) is 0 Å². The van der Waals surface area contributed by atoms with Crippen LogP contribution >= 0.6 is 31.9 Å². The van der Waals surface area contributed by atoms with Crippen molar-refractivity contribution < 1.29 is 19.1 Å². The Morgan fingerprint density at radius 1 is 0.957 bits per heavy atom. The summed E-state index contributed by atoms with van der Waals surface area (Å²) in [4.78, 5) is 23.8. The second-order valence-corrected chi connectivity index (χ2v) is 6.30. The Kier molecular flexibility index (Phi) is 6.12. The molecule has 0 unspecified atom stereocenters. The van der Waals surface area contributed by atoms with E-state index in [4.69, 9.17) is 9.47 Å². The molecule has 0 saturated carbocycles. The van der Waals surface area contributed by atoms with Crippen LogP contribution in [-0.2, 0) is 9.59 Å². The molecular weight excluding hydrogens is 428 g/mol. The van der Waals surface area contributed by atoms with Gasteiger partial charge in [0.25, 0.3) is 0 Å². The molecule has 0 heterocycles. The highest BCUT2D eigenvalue weighted by Crippen LogP contribution is 2.24. The van der Waals surface area contributed by atoms with Crippen molar-refractivity contribution in [1.82, 2.24) is 0 Å². The Morgan fingerprint density at radius 2 is 1.61 bits per heavy atom. The highest BCUT2D eigenvalue weighted by molar-refractivity contribution is 9.10. The molecule has 2 aromatic rings. The van der Waals surface area contributed by atoms with E-state index >= 15 is 0 Å². The third kappa shape index (κ3) is 5.33. The molecule has 23 heavy (non-hydrogen) atoms. The van der Waals surface area contributed by atoms with E-state index in [0.717, 1.165) is 4.47 Å². The molecule has 4 nitrogen and oxygen atoms in total. The first-order chi connectivity index (χ1) is 11.0. The van der Waals surface area contributed by atoms with Crippen molar-refractivity contribution >= 4 is 43.8 Å². The highest BCUT2D eigenvalue weighted by Gasteiger charge is 2.16. The van der Waals surface area contributed by atoms with Crippen molar-refractivity contribution in [3.63, 3.8) is 0 Å². The van der Waals surface area contributed by atoms with Gasteiger partial charge in [-0.3, -0.25) is 4.79 Å². The number of hydrogen-bond acceptors (Lipinski definition) is 4. The first-order valence-corrected chi connectivity index (χ1v) is 8.15. The summed E-state index contributed by atoms with van der Waals surface area (Å²) < 4.78 is 11.8. The average Bonchev–Trinajstić information content (AvgIpc) is 2.51. The quantitative estimate of drug-likeness (QED) is 0.386. The van der Waals surface area contributed by atoms with Gasteiger partial charge in [-0.25, -0.2) is 4.79 Å². The molecule has 0 aliphatic rings. The number of halogens is 2. The largest absolute Gasteiger partial charge is 0.425 e. The summed E-state index contributed by atoms with van der Waals surface area (Å²) in [6.07, 6.45) is -0.253. The second kappa shape index (κ2) is 8.08. The van der Waals surface area contributed by atoms with Gasteiger partial charge in [0.1, 0.15) is 11.5 Å². The first-order valence-electron chi connectivity index (χ1n) is 6.56. The zero-order valence-electron chi connectivity index (χ0n) is 11.9. The number of ether oxygens (including phenoxy) is 2. The maximum atomic E-state index is 11.9. The Morgan fingerprint density at radius 3 is 2.26 bits per heavy atom. The van der Waals surface area contributed by atoms with E-state index in [1.54, 1.807) is 48.5 Å². The van der Waals surface area contributed by atoms with E-state index in [0.29, 0.717) is 16.0 Å². The molecule has 0 aliphatic carbocycles. The van der Waals surface area contributed by atoms with Gasteiger partial charge < -0.3 is 9.47 Å². The van der Waals surface area contributed by atoms with E-state index < -0.39 is 11.9 Å². The molecule has 118 valence electrons. The lowest BCUT2D eigenvalue weighted by Crippen LogP contribution is -2.16. The predicted octanol–water partition coefficient (Wildman–Crippen LogP) is 4.67. The van der Waals surface area contributed by atoms with Crippen molar-refractivity contribution in [3.05, 3.63) is 69.6 Å². The standard InChI is InChI=1S/C17H12Br2O4/c1-11(17(21)22-13-8-6-12(18)7-9-13)10-16(20)23-15-5-3-2-4-14(15)19/h2-9H,1,10H2. The van der Waals surface area contributed by atoms with Crippen molar-refractivity contribution in [3.8, 4) is 11.5 Å². The number of benzene rings is 2. The molecule has 0 bridgehead atoms. The normalized spacial score (nSPS) is 10.0. The Balaban J connectivity index is 1.90. The molecule has 6 heteroatoms. The fourth-order valence-corrected chi connectivity index (χ4v) is 2.24. The molecule has 0 saturated heterocycles. The fourth-order valence-electron chi connectivity index (χ4n) is 1.61. The van der Waals surface area contributed by atoms with Gasteiger partial charge in [-0.15, -0.1) is 0 Å². The number of rotatable bonds is 5. The summed E-state index contributed by atoms with van der Waals surface area (Å²) in [6, 6.07) is 13.7. The topological polar surface area (TPSA) is 52.6 Å². The summed E-state index contributed by atoms with van der Waals surface area (Å²) in [5, 5.41) is 0. The van der Waals surface area contributed by atoms with Crippen LogP contribution in [0.25, 0.3) is 0 Å². The van der Waals surface area contributed by atoms with Crippen molar-refractivity contribution in [2.45, 2.75) is 6.42 Å². The van der Waals surface area contributed by atoms with Crippen molar-refractivity contribution in [1.29, 1.82) is 0 Å². The molecule has 0 radical (unpaired) electrons. The van der Waals surface area contributed by atoms with Crippen LogP contribution in [0, 0.1) is 0 Å². The van der Waals surface area contributed by atoms with E-state index in [2.05, 4.69) is 38.4 Å². The lowest BCUT2D eigenvalue weighted by Gasteiger charge is -2.08. The summed E-state index contributed by atoms with van der Waals surface area (Å²) >= 11 is 6.56. The molecule has 0 aliphatic heterocycles. The maximum Gasteiger partial charge on any atom is 0.339 e. The Bertz CT molecular complexity index is 739. The molecule has 0 N–H and O–H groups in total. The van der Waals surface area contributed by atoms with Crippen molar-refractivity contribution in [2.24, 2.45) is 0 Å². The smallest absolute Gasteiger partial charge is 0.339 e. The van der Waals surface area contributed by atoms with Crippen molar-refractivity contribution in [2.75, 3.05) is 0 Å². The molecule has 0 aromatic heterocycles. The third-order valence-electron chi connectivity index (χ3n) is 2.73. The Labute approximate surface area is 150 Å². The average molecular weight is 440 g/mol. The minimum absolute atomic E-state index is 0.0185. The van der Waals surface area contributed by atoms with Gasteiger partial charge in [0.05, 0.1) is 10.9 Å². The van der Waals surface area contributed by atoms with Gasteiger partial charge in [0.15, 0.2) is 0 Å². The van der Waals surface area contributed by atoms with Crippen LogP contribution in [0.4, 0.5) is 0 Å². The van der Waals surface area contributed by atoms with Crippen LogP contribution in [0.5, 0.6) is 11.5 Å². The lowest BCUT2D eigenvalue weighted by atomic mass is 10.2. The lowest BCUT2D eigenvalue weighted by molar-refractivity contribution is -0.136. The molecule has 0 fully saturated rings. The predicted molar refractivity (Wildman–Crippen MR) is 93.3 cm³/mol. The maximum absolute atomic E-state index is 11.9. The van der Waals surface area contributed by atoms with E-state index in [1.807, 2.05) is 0 Å². The number of esters is 2. The first kappa shape index (κ1) is 17.4. The number of para-hydroxylation sites is 1. The molecule has 0 amide bonds. The molecule has 0 spiro atoms. The highest BCUT2D eigenvalue weighted by atomic mass is 79.9. The SMILES string of the molecule is C=C(CC(=O)Oc1ccccc1Br)C(=O)Oc1ccc(Br)cc1. The number of carbonyl (C=O) groups excluding carboxylic acids is 2. The third-order valence-corrected chi connectivity index (χ3v) is 3.91. The molecule has 0 atom stereocenters. The van der Waals surface area contributed by atoms with Gasteiger partial charge >= 0.3 is 11.9 Å². The van der Waals surface area contributed by atoms with Crippen LogP contribution < -0.4 is 9.47 Å². The molecule has 2 rings (SSSR count). The molecular formula is C17H12Br2O4. The summed E-state index contributed by atoms with van der Waals surface area (Å²) in [5.41, 5.74) is 0.0185. The second-order valence-electron chi connectivity index (χ2n) is 4.53. The summed E-state index contributed by atoms with van der Waals surface area (Å²) in [5.74, 6) is -0.504. The van der Waals surface area contributed by atoms with Gasteiger partial charge in [0.2, 0.25) is 0 Å². The van der Waals surface area contributed by atoms with Gasteiger partial charge in [0, 0.05) is 10.0 Å². The number of carbonyl (C=O) groups is 2. The number of hydrogen-bond donors (Lipinski definition) is 0. The van der Waals surface area contributed by atoms with Gasteiger partial charge in [-0.2, -0.15) is 0 Å². The van der Waals surface area contributed by atoms with Crippen LogP contribution in [0.15, 0.2) is 69.6 Å². The summed E-state index contributed by atoms with van der Waals surface area (Å²) in [7, 11) is 0. The van der Waals surface area contributed by atoms with Crippen LogP contribution in [0.1, 0.15) is 6.42 Å². The van der Waals surface area contributed by atoms with E-state index in [-0.39, 0.29) is 12.0 Å². The van der Waals surface area contributed by atoms with Crippen LogP contribution in [-0.4, -0.2) is 11.9 Å². The summed E-state index contributed by atoms with van der Waals surface area (Å²) in [6.45, 7) is 3.58. The van der Waals surface area contributed by atoms with Gasteiger partial charge in [-0.05, 0) is 52.3 Å². The monoisotopic (exact) mass is 438 g/mol. The Hall–Kier alpha value is -1.92.